The van der Waals surface area contributed by atoms with E-state index in [2.05, 4.69) is 25.3 Å². The third kappa shape index (κ3) is 3.56. The first-order valence-electron chi connectivity index (χ1n) is 9.24. The van der Waals surface area contributed by atoms with Gasteiger partial charge in [0, 0.05) is 28.8 Å². The van der Waals surface area contributed by atoms with Crippen LogP contribution in [0.15, 0.2) is 35.7 Å². The second-order valence-electron chi connectivity index (χ2n) is 7.40. The predicted octanol–water partition coefficient (Wildman–Crippen LogP) is 5.00. The Morgan fingerprint density at radius 3 is 2.70 bits per heavy atom. The lowest BCUT2D eigenvalue weighted by Gasteiger charge is -2.40. The standard InChI is InChI=1S/C20H19ClF2N6S/c1-9-10(2)30-19(24)29-20(9,3)13-5-12(6-14(22)16(13)23)28-18-17-15(26-8-27-18)4-11(21)7-25-17/h4-10H,1-3H3,(H2,24,29)(H,26,27,28)/t9-,10?,20+/m1/s1. The summed E-state index contributed by atoms with van der Waals surface area (Å²) in [5.74, 6) is -1.66. The lowest BCUT2D eigenvalue weighted by molar-refractivity contribution is 0.308. The van der Waals surface area contributed by atoms with Gasteiger partial charge in [-0.2, -0.15) is 0 Å². The summed E-state index contributed by atoms with van der Waals surface area (Å²) in [6, 6.07) is 4.26. The first-order valence-corrected chi connectivity index (χ1v) is 10.5. The van der Waals surface area contributed by atoms with Crippen LogP contribution in [0, 0.1) is 17.6 Å². The number of fused-ring (bicyclic) bond motifs is 1. The van der Waals surface area contributed by atoms with E-state index in [0.29, 0.717) is 32.7 Å². The Labute approximate surface area is 181 Å². The number of halogens is 3. The van der Waals surface area contributed by atoms with Crippen molar-refractivity contribution >= 4 is 51.1 Å². The molecule has 2 aromatic heterocycles. The Hall–Kier alpha value is -2.52. The van der Waals surface area contributed by atoms with Gasteiger partial charge in [-0.3, -0.25) is 4.99 Å². The predicted molar refractivity (Wildman–Crippen MR) is 117 cm³/mol. The van der Waals surface area contributed by atoms with Crippen LogP contribution < -0.4 is 11.1 Å². The summed E-state index contributed by atoms with van der Waals surface area (Å²) in [4.78, 5) is 17.1. The molecule has 0 saturated carbocycles. The van der Waals surface area contributed by atoms with Gasteiger partial charge in [0.2, 0.25) is 0 Å². The third-order valence-electron chi connectivity index (χ3n) is 5.52. The molecule has 156 valence electrons. The minimum Gasteiger partial charge on any atom is -0.379 e. The Balaban J connectivity index is 1.81. The van der Waals surface area contributed by atoms with Gasteiger partial charge in [-0.15, -0.1) is 0 Å². The second kappa shape index (κ2) is 7.63. The van der Waals surface area contributed by atoms with E-state index in [4.69, 9.17) is 17.3 Å². The quantitative estimate of drug-likeness (QED) is 0.586. The average Bonchev–Trinajstić information content (AvgIpc) is 2.68. The van der Waals surface area contributed by atoms with Crippen LogP contribution in [-0.2, 0) is 5.54 Å². The molecule has 0 saturated heterocycles. The molecule has 3 aromatic rings. The molecule has 0 radical (unpaired) electrons. The molecule has 0 amide bonds. The minimum absolute atomic E-state index is 0.0809. The van der Waals surface area contributed by atoms with Gasteiger partial charge in [0.1, 0.15) is 11.8 Å². The monoisotopic (exact) mass is 448 g/mol. The lowest BCUT2D eigenvalue weighted by Crippen LogP contribution is -2.41. The molecular weight excluding hydrogens is 430 g/mol. The summed E-state index contributed by atoms with van der Waals surface area (Å²) in [5, 5.41) is 3.89. The number of aliphatic imine (C=N–C) groups is 1. The van der Waals surface area contributed by atoms with Gasteiger partial charge >= 0.3 is 0 Å². The van der Waals surface area contributed by atoms with E-state index in [1.54, 1.807) is 13.0 Å². The van der Waals surface area contributed by atoms with Crippen molar-refractivity contribution in [3.63, 3.8) is 0 Å². The number of rotatable bonds is 3. The van der Waals surface area contributed by atoms with Crippen LogP contribution >= 0.6 is 23.4 Å². The molecule has 0 fully saturated rings. The summed E-state index contributed by atoms with van der Waals surface area (Å²) in [6.07, 6.45) is 2.81. The fourth-order valence-corrected chi connectivity index (χ4v) is 4.83. The molecule has 3 N–H and O–H groups in total. The summed E-state index contributed by atoms with van der Waals surface area (Å²) >= 11 is 7.40. The van der Waals surface area contributed by atoms with Gasteiger partial charge in [-0.05, 0) is 25.0 Å². The fourth-order valence-electron chi connectivity index (χ4n) is 3.59. The van der Waals surface area contributed by atoms with Gasteiger partial charge < -0.3 is 11.1 Å². The minimum atomic E-state index is -1.02. The van der Waals surface area contributed by atoms with Gasteiger partial charge in [-0.1, -0.05) is 37.2 Å². The Kier molecular flexibility index (Phi) is 5.27. The number of nitrogens with zero attached hydrogens (tertiary/aromatic N) is 4. The molecule has 1 aliphatic rings. The maximum Gasteiger partial charge on any atom is 0.164 e. The molecule has 1 aromatic carbocycles. The molecule has 0 spiro atoms. The maximum atomic E-state index is 14.9. The van der Waals surface area contributed by atoms with Crippen LogP contribution in [0.4, 0.5) is 20.3 Å². The number of nitrogens with two attached hydrogens (primary N) is 1. The summed E-state index contributed by atoms with van der Waals surface area (Å²) in [5.41, 5.74) is 6.38. The van der Waals surface area contributed by atoms with E-state index in [9.17, 15) is 8.78 Å². The highest BCUT2D eigenvalue weighted by Gasteiger charge is 2.42. The van der Waals surface area contributed by atoms with Crippen LogP contribution in [0.1, 0.15) is 26.3 Å². The Morgan fingerprint density at radius 2 is 1.93 bits per heavy atom. The number of benzene rings is 1. The zero-order chi connectivity index (χ0) is 21.6. The molecule has 4 rings (SSSR count). The number of aromatic nitrogens is 3. The molecule has 3 atom stereocenters. The topological polar surface area (TPSA) is 89.1 Å². The highest BCUT2D eigenvalue weighted by atomic mass is 35.5. The van der Waals surface area contributed by atoms with E-state index in [1.807, 2.05) is 13.8 Å². The molecule has 3 heterocycles. The van der Waals surface area contributed by atoms with Crippen molar-refractivity contribution in [2.24, 2.45) is 16.6 Å². The van der Waals surface area contributed by atoms with Crippen LogP contribution in [0.2, 0.25) is 5.02 Å². The molecule has 6 nitrogen and oxygen atoms in total. The number of pyridine rings is 1. The van der Waals surface area contributed by atoms with Crippen molar-refractivity contribution in [1.29, 1.82) is 0 Å². The van der Waals surface area contributed by atoms with Crippen LogP contribution in [0.25, 0.3) is 11.0 Å². The first-order chi connectivity index (χ1) is 14.2. The third-order valence-corrected chi connectivity index (χ3v) is 6.84. The smallest absolute Gasteiger partial charge is 0.164 e. The number of amidine groups is 1. The number of thioether (sulfide) groups is 1. The molecule has 10 heteroatoms. The van der Waals surface area contributed by atoms with Crippen molar-refractivity contribution in [3.8, 4) is 0 Å². The van der Waals surface area contributed by atoms with E-state index in [1.165, 1.54) is 30.4 Å². The number of anilines is 2. The van der Waals surface area contributed by atoms with Gasteiger partial charge in [0.25, 0.3) is 0 Å². The zero-order valence-corrected chi connectivity index (χ0v) is 18.0. The van der Waals surface area contributed by atoms with E-state index in [0.717, 1.165) is 6.07 Å². The SMILES string of the molecule is CC1SC(N)=N[C@](C)(c2cc(Nc3ncnc4cc(Cl)cnc34)cc(F)c2F)[C@@H]1C. The average molecular weight is 449 g/mol. The van der Waals surface area contributed by atoms with Crippen molar-refractivity contribution in [3.05, 3.63) is 52.9 Å². The largest absolute Gasteiger partial charge is 0.379 e. The molecule has 1 unspecified atom stereocenters. The molecule has 0 bridgehead atoms. The molecule has 30 heavy (non-hydrogen) atoms. The zero-order valence-electron chi connectivity index (χ0n) is 16.4. The summed E-state index contributed by atoms with van der Waals surface area (Å²) < 4.78 is 29.5. The molecule has 0 aliphatic carbocycles. The van der Waals surface area contributed by atoms with Gasteiger partial charge in [0.05, 0.1) is 16.1 Å². The van der Waals surface area contributed by atoms with Crippen molar-refractivity contribution in [1.82, 2.24) is 15.0 Å². The number of hydrogen-bond donors (Lipinski definition) is 2. The second-order valence-corrected chi connectivity index (χ2v) is 9.23. The van der Waals surface area contributed by atoms with Gasteiger partial charge in [-0.25, -0.2) is 23.7 Å². The number of hydrogen-bond acceptors (Lipinski definition) is 7. The van der Waals surface area contributed by atoms with Crippen molar-refractivity contribution < 1.29 is 8.78 Å². The maximum absolute atomic E-state index is 14.9. The molecule has 1 aliphatic heterocycles. The normalized spacial score (nSPS) is 24.0. The van der Waals surface area contributed by atoms with Gasteiger partial charge in [0.15, 0.2) is 22.6 Å². The van der Waals surface area contributed by atoms with E-state index < -0.39 is 17.2 Å². The van der Waals surface area contributed by atoms with Crippen LogP contribution in [0.3, 0.4) is 0 Å². The lowest BCUT2D eigenvalue weighted by atomic mass is 9.78. The highest BCUT2D eigenvalue weighted by Crippen LogP contribution is 2.45. The van der Waals surface area contributed by atoms with E-state index in [-0.39, 0.29) is 16.7 Å². The van der Waals surface area contributed by atoms with Crippen LogP contribution in [-0.4, -0.2) is 25.4 Å². The summed E-state index contributed by atoms with van der Waals surface area (Å²) in [7, 11) is 0. The van der Waals surface area contributed by atoms with E-state index >= 15 is 0 Å². The first kappa shape index (κ1) is 20.7. The van der Waals surface area contributed by atoms with Crippen LogP contribution in [0.5, 0.6) is 0 Å². The fraction of sp³-hybridized carbons (Fsp3) is 0.300. The van der Waals surface area contributed by atoms with Crippen molar-refractivity contribution in [2.45, 2.75) is 31.6 Å². The highest BCUT2D eigenvalue weighted by molar-refractivity contribution is 8.14. The molecular formula is C20H19ClF2N6S. The number of nitrogens with one attached hydrogen (secondary N) is 1. The van der Waals surface area contributed by atoms with Crippen molar-refractivity contribution in [2.75, 3.05) is 5.32 Å². The summed E-state index contributed by atoms with van der Waals surface area (Å²) in [6.45, 7) is 5.72. The Bertz CT molecular complexity index is 1170. The Morgan fingerprint density at radius 1 is 1.17 bits per heavy atom.